The number of piperidine rings is 1. The maximum Gasteiger partial charge on any atom is 0.252 e. The number of aromatic nitrogens is 2. The number of allylic oxidation sites excluding steroid dienone is 1. The van der Waals surface area contributed by atoms with Crippen LogP contribution >= 0.6 is 0 Å². The molecule has 2 aliphatic rings. The Morgan fingerprint density at radius 2 is 1.81 bits per heavy atom. The molecule has 0 amide bonds. The smallest absolute Gasteiger partial charge is 0.252 e. The van der Waals surface area contributed by atoms with Crippen molar-refractivity contribution in [3.05, 3.63) is 87.3 Å². The first-order chi connectivity index (χ1) is 15.0. The summed E-state index contributed by atoms with van der Waals surface area (Å²) in [5.74, 6) is -0.688. The summed E-state index contributed by atoms with van der Waals surface area (Å²) in [6, 6.07) is 10.9. The van der Waals surface area contributed by atoms with E-state index < -0.39 is 11.6 Å². The molecule has 0 radical (unpaired) electrons. The third-order valence-corrected chi connectivity index (χ3v) is 6.02. The van der Waals surface area contributed by atoms with Crippen molar-refractivity contribution in [3.8, 4) is 11.1 Å². The Bertz CT molecular complexity index is 1220. The first-order valence-corrected chi connectivity index (χ1v) is 10.4. The molecule has 1 aliphatic carbocycles. The topological polar surface area (TPSA) is 75.0 Å². The number of H-pyrrole nitrogens is 1. The number of rotatable bonds is 3. The van der Waals surface area contributed by atoms with Gasteiger partial charge >= 0.3 is 0 Å². The van der Waals surface area contributed by atoms with Crippen LogP contribution in [-0.4, -0.2) is 29.1 Å². The number of hydrogen-bond acceptors (Lipinski definition) is 4. The Hall–Kier alpha value is -3.32. The van der Waals surface area contributed by atoms with Crippen LogP contribution in [0.3, 0.4) is 0 Å². The van der Waals surface area contributed by atoms with E-state index >= 15 is 0 Å². The molecule has 158 valence electrons. The molecule has 5 nitrogen and oxygen atoms in total. The molecule has 0 bridgehead atoms. The lowest BCUT2D eigenvalue weighted by molar-refractivity contribution is 0.495. The van der Waals surface area contributed by atoms with Crippen molar-refractivity contribution in [1.29, 1.82) is 0 Å². The van der Waals surface area contributed by atoms with Crippen molar-refractivity contribution in [2.24, 2.45) is 5.73 Å². The van der Waals surface area contributed by atoms with Crippen LogP contribution in [0.2, 0.25) is 0 Å². The lowest BCUT2D eigenvalue weighted by atomic mass is 9.96. The quantitative estimate of drug-likeness (QED) is 0.679. The van der Waals surface area contributed by atoms with Crippen LogP contribution in [0.25, 0.3) is 16.7 Å². The number of benzene rings is 2. The lowest BCUT2D eigenvalue weighted by Crippen LogP contribution is -2.41. The van der Waals surface area contributed by atoms with E-state index in [2.05, 4.69) is 4.98 Å². The van der Waals surface area contributed by atoms with Crippen LogP contribution in [0.15, 0.2) is 53.3 Å². The van der Waals surface area contributed by atoms with Crippen molar-refractivity contribution in [2.45, 2.75) is 25.3 Å². The van der Waals surface area contributed by atoms with Gasteiger partial charge in [0.15, 0.2) is 0 Å². The highest BCUT2D eigenvalue weighted by Gasteiger charge is 2.23. The Morgan fingerprint density at radius 3 is 2.55 bits per heavy atom. The number of halogens is 2. The van der Waals surface area contributed by atoms with Crippen LogP contribution in [0.1, 0.15) is 29.7 Å². The average molecular weight is 420 g/mol. The maximum atomic E-state index is 14.3. The molecule has 5 rings (SSSR count). The van der Waals surface area contributed by atoms with E-state index in [0.717, 1.165) is 42.6 Å². The van der Waals surface area contributed by atoms with Gasteiger partial charge in [-0.1, -0.05) is 24.3 Å². The molecule has 2 heterocycles. The second-order valence-electron chi connectivity index (χ2n) is 8.07. The van der Waals surface area contributed by atoms with Gasteiger partial charge in [0.25, 0.3) is 5.56 Å². The number of aromatic amines is 1. The molecule has 2 aromatic carbocycles. The number of anilines is 1. The molecule has 1 aliphatic heterocycles. The van der Waals surface area contributed by atoms with Crippen LogP contribution < -0.4 is 16.2 Å². The van der Waals surface area contributed by atoms with E-state index in [9.17, 15) is 13.6 Å². The minimum Gasteiger partial charge on any atom is -0.342 e. The summed E-state index contributed by atoms with van der Waals surface area (Å²) >= 11 is 0. The fourth-order valence-corrected chi connectivity index (χ4v) is 4.34. The molecular weight excluding hydrogens is 398 g/mol. The van der Waals surface area contributed by atoms with Gasteiger partial charge in [-0.3, -0.25) is 9.78 Å². The number of nitrogens with zero attached hydrogens (tertiary/aromatic N) is 2. The van der Waals surface area contributed by atoms with E-state index in [4.69, 9.17) is 10.7 Å². The molecular formula is C24H22F2N4O. The number of nitrogens with two attached hydrogens (primary N) is 1. The van der Waals surface area contributed by atoms with Gasteiger partial charge in [-0.2, -0.15) is 0 Å². The van der Waals surface area contributed by atoms with E-state index in [0.29, 0.717) is 23.6 Å². The Morgan fingerprint density at radius 1 is 1.06 bits per heavy atom. The monoisotopic (exact) mass is 420 g/mol. The lowest BCUT2D eigenvalue weighted by Gasteiger charge is -2.30. The third kappa shape index (κ3) is 3.65. The molecule has 3 aromatic rings. The maximum absolute atomic E-state index is 14.3. The largest absolute Gasteiger partial charge is 0.342 e. The molecule has 7 heteroatoms. The predicted molar refractivity (Wildman–Crippen MR) is 117 cm³/mol. The highest BCUT2D eigenvalue weighted by molar-refractivity contribution is 5.85. The van der Waals surface area contributed by atoms with Crippen molar-refractivity contribution < 1.29 is 8.78 Å². The van der Waals surface area contributed by atoms with Crippen molar-refractivity contribution in [1.82, 2.24) is 9.97 Å². The summed E-state index contributed by atoms with van der Waals surface area (Å²) in [6.07, 6.45) is 4.37. The van der Waals surface area contributed by atoms with Crippen molar-refractivity contribution in [2.75, 3.05) is 18.0 Å². The van der Waals surface area contributed by atoms with Crippen LogP contribution in [0, 0.1) is 11.6 Å². The summed E-state index contributed by atoms with van der Waals surface area (Å²) in [5.41, 5.74) is 9.38. The summed E-state index contributed by atoms with van der Waals surface area (Å²) in [4.78, 5) is 22.0. The van der Waals surface area contributed by atoms with Gasteiger partial charge in [-0.25, -0.2) is 13.8 Å². The van der Waals surface area contributed by atoms with Gasteiger partial charge in [-0.05, 0) is 54.2 Å². The third-order valence-electron chi connectivity index (χ3n) is 6.02. The average Bonchev–Trinajstić information content (AvgIpc) is 3.17. The van der Waals surface area contributed by atoms with Gasteiger partial charge in [0.05, 0.1) is 11.3 Å². The minimum atomic E-state index is -0.608. The standard InChI is InChI=1S/C24H22F2N4O/c25-19-2-1-3-20(26)23(19)15-5-4-14-6-7-17(18(14)12-15)21-13-22(31)29-24(28-21)30-10-8-16(27)9-11-30/h1-5,7,12-13,16H,6,8-11,27H2,(H,28,29,31). The zero-order valence-electron chi connectivity index (χ0n) is 16.9. The van der Waals surface area contributed by atoms with Gasteiger partial charge in [0.1, 0.15) is 11.6 Å². The number of nitrogens with one attached hydrogen (secondary N) is 1. The molecule has 0 spiro atoms. The first-order valence-electron chi connectivity index (χ1n) is 10.4. The summed E-state index contributed by atoms with van der Waals surface area (Å²) < 4.78 is 28.6. The van der Waals surface area contributed by atoms with Gasteiger partial charge in [0.2, 0.25) is 5.95 Å². The summed E-state index contributed by atoms with van der Waals surface area (Å²) in [7, 11) is 0. The normalized spacial score (nSPS) is 16.4. The van der Waals surface area contributed by atoms with Crippen molar-refractivity contribution >= 4 is 11.5 Å². The fraction of sp³-hybridized carbons (Fsp3) is 0.250. The Kier molecular flexibility index (Phi) is 4.90. The van der Waals surface area contributed by atoms with Crippen molar-refractivity contribution in [3.63, 3.8) is 0 Å². The molecule has 1 aromatic heterocycles. The molecule has 0 saturated carbocycles. The second kappa shape index (κ2) is 7.74. The van der Waals surface area contributed by atoms with Crippen LogP contribution in [0.5, 0.6) is 0 Å². The second-order valence-corrected chi connectivity index (χ2v) is 8.07. The van der Waals surface area contributed by atoms with E-state index in [-0.39, 0.29) is 17.2 Å². The van der Waals surface area contributed by atoms with E-state index in [1.165, 1.54) is 24.3 Å². The molecule has 1 saturated heterocycles. The zero-order valence-corrected chi connectivity index (χ0v) is 16.9. The first kappa shape index (κ1) is 19.6. The highest BCUT2D eigenvalue weighted by Crippen LogP contribution is 2.36. The van der Waals surface area contributed by atoms with Gasteiger partial charge < -0.3 is 10.6 Å². The van der Waals surface area contributed by atoms with Gasteiger partial charge in [0, 0.05) is 30.8 Å². The zero-order chi connectivity index (χ0) is 21.5. The minimum absolute atomic E-state index is 0.0548. The van der Waals surface area contributed by atoms with E-state index in [1.54, 1.807) is 12.1 Å². The Labute approximate surface area is 178 Å². The Balaban J connectivity index is 1.54. The molecule has 0 unspecified atom stereocenters. The van der Waals surface area contributed by atoms with Crippen LogP contribution in [0.4, 0.5) is 14.7 Å². The fourth-order valence-electron chi connectivity index (χ4n) is 4.34. The number of hydrogen-bond donors (Lipinski definition) is 2. The highest BCUT2D eigenvalue weighted by atomic mass is 19.1. The molecule has 1 fully saturated rings. The molecule has 3 N–H and O–H groups in total. The van der Waals surface area contributed by atoms with E-state index in [1.807, 2.05) is 17.0 Å². The summed E-state index contributed by atoms with van der Waals surface area (Å²) in [6.45, 7) is 1.47. The molecule has 0 atom stereocenters. The predicted octanol–water partition coefficient (Wildman–Crippen LogP) is 3.63. The van der Waals surface area contributed by atoms with Crippen LogP contribution in [-0.2, 0) is 6.42 Å². The SMILES string of the molecule is NC1CCN(c2nc(C3=CCc4ccc(-c5c(F)cccc5F)cc43)cc(=O)[nH]2)CC1. The summed E-state index contributed by atoms with van der Waals surface area (Å²) in [5, 5.41) is 0. The number of fused-ring (bicyclic) bond motifs is 1. The van der Waals surface area contributed by atoms with Gasteiger partial charge in [-0.15, -0.1) is 0 Å². The molecule has 31 heavy (non-hydrogen) atoms.